The maximum absolute atomic E-state index is 9.83. The fraction of sp³-hybridized carbons (Fsp3) is 0.562. The smallest absolute Gasteiger partial charge is 0.0920 e. The zero-order valence-corrected chi connectivity index (χ0v) is 11.2. The van der Waals surface area contributed by atoms with E-state index in [1.54, 1.807) is 0 Å². The molecule has 102 valence electrons. The molecule has 0 spiro atoms. The van der Waals surface area contributed by atoms with Crippen molar-refractivity contribution in [2.75, 3.05) is 11.9 Å². The van der Waals surface area contributed by atoms with Crippen molar-refractivity contribution < 1.29 is 6.48 Å². The van der Waals surface area contributed by atoms with E-state index in [-0.39, 0.29) is 12.3 Å². The van der Waals surface area contributed by atoms with E-state index in [9.17, 15) is 5.11 Å². The van der Waals surface area contributed by atoms with Crippen LogP contribution in [0.5, 0.6) is 0 Å². The van der Waals surface area contributed by atoms with Gasteiger partial charge < -0.3 is 10.4 Å². The average molecular weight is 259 g/mol. The lowest BCUT2D eigenvalue weighted by Gasteiger charge is -2.22. The Kier molecular flexibility index (Phi) is 4.71. The summed E-state index contributed by atoms with van der Waals surface area (Å²) in [6.45, 7) is 0.644. The lowest BCUT2D eigenvalue weighted by atomic mass is 9.89. The molecule has 1 unspecified atom stereocenters. The molecule has 0 aromatic heterocycles. The second kappa shape index (κ2) is 7.16. The maximum atomic E-state index is 9.83. The van der Waals surface area contributed by atoms with Gasteiger partial charge in [0.05, 0.1) is 18.6 Å². The fourth-order valence-corrected chi connectivity index (χ4v) is 2.52. The minimum absolute atomic E-state index is 0.103. The van der Waals surface area contributed by atoms with Crippen molar-refractivity contribution in [1.82, 2.24) is 0 Å². The van der Waals surface area contributed by atoms with E-state index in [1.807, 2.05) is 30.3 Å². The number of benzene rings is 1. The van der Waals surface area contributed by atoms with Gasteiger partial charge in [-0.1, -0.05) is 31.4 Å². The van der Waals surface area contributed by atoms with Gasteiger partial charge in [0.1, 0.15) is 0 Å². The molecule has 3 nitrogen and oxygen atoms in total. The van der Waals surface area contributed by atoms with E-state index in [0.29, 0.717) is 6.54 Å². The summed E-state index contributed by atoms with van der Waals surface area (Å²) in [7, 11) is 0. The van der Waals surface area contributed by atoms with E-state index in [0.717, 1.165) is 36.9 Å². The van der Waals surface area contributed by atoms with Crippen molar-refractivity contribution in [3.63, 3.8) is 0 Å². The molecule has 0 aliphatic heterocycles. The van der Waals surface area contributed by atoms with Crippen molar-refractivity contribution in [2.24, 2.45) is 5.89 Å². The van der Waals surface area contributed by atoms with E-state index in [4.69, 9.17) is 6.63 Å². The summed E-state index contributed by atoms with van der Waals surface area (Å²) in [5.41, 5.74) is 1.66. The summed E-state index contributed by atoms with van der Waals surface area (Å²) < 4.78 is 8.42. The minimum atomic E-state index is -0.735. The highest BCUT2D eigenvalue weighted by atomic mass is 16.3. The van der Waals surface area contributed by atoms with Gasteiger partial charge in [0.2, 0.25) is 0 Å². The maximum Gasteiger partial charge on any atom is 0.0920 e. The molecule has 1 aromatic rings. The molecule has 0 saturated heterocycles. The number of hydrogen-bond acceptors (Lipinski definition) is 3. The quantitative estimate of drug-likeness (QED) is 0.849. The van der Waals surface area contributed by atoms with Crippen LogP contribution in [0.25, 0.3) is 0 Å². The topological polar surface area (TPSA) is 56.0 Å². The van der Waals surface area contributed by atoms with Crippen LogP contribution in [0.4, 0.5) is 5.69 Å². The normalized spacial score (nSPS) is 20.1. The highest BCUT2D eigenvalue weighted by molar-refractivity contribution is 5.46. The number of aliphatic hydroxyl groups is 1. The largest absolute Gasteiger partial charge is 0.387 e. The lowest BCUT2D eigenvalue weighted by molar-refractivity contribution is 0.183. The molecule has 1 fully saturated rings. The Bertz CT molecular complexity index is 478. The minimum Gasteiger partial charge on any atom is -0.387 e. The summed E-state index contributed by atoms with van der Waals surface area (Å²) in [4.78, 5) is 0. The predicted molar refractivity (Wildman–Crippen MR) is 76.7 cm³/mol. The third kappa shape index (κ3) is 4.25. The summed E-state index contributed by atoms with van der Waals surface area (Å²) in [5, 5.41) is 21.8. The number of nitrogens with zero attached hydrogens (tertiary/aromatic N) is 1. The van der Waals surface area contributed by atoms with Crippen molar-refractivity contribution in [3.8, 4) is 6.07 Å². The first-order valence-corrected chi connectivity index (χ1v) is 7.02. The first-order chi connectivity index (χ1) is 9.63. The fourth-order valence-electron chi connectivity index (χ4n) is 2.52. The number of hydrogen-bond donors (Lipinski definition) is 2. The van der Waals surface area contributed by atoms with Gasteiger partial charge in [0.25, 0.3) is 0 Å². The van der Waals surface area contributed by atoms with Crippen LogP contribution >= 0.6 is 0 Å². The molecule has 3 heteroatoms. The molecular weight excluding hydrogens is 236 g/mol. The van der Waals surface area contributed by atoms with Crippen molar-refractivity contribution in [2.45, 2.75) is 44.6 Å². The number of nitrogens with one attached hydrogen (secondary N) is 1. The molecule has 2 rings (SSSR count). The molecule has 19 heavy (non-hydrogen) atoms. The monoisotopic (exact) mass is 259 g/mol. The molecular formula is C16H22N2O. The standard InChI is InChI=1S/C16H22N2O/c17-10-9-16(19)14-7-4-8-15(11-14)18-12-13-5-2-1-3-6-13/h4,7-8,11,13,16,18-19H,1-3,5-6,9,12H2/i13D. The molecule has 0 bridgehead atoms. The van der Waals surface area contributed by atoms with Gasteiger partial charge in [0, 0.05) is 13.6 Å². The van der Waals surface area contributed by atoms with Crippen molar-refractivity contribution in [3.05, 3.63) is 29.8 Å². The second-order valence-electron chi connectivity index (χ2n) is 5.17. The van der Waals surface area contributed by atoms with E-state index < -0.39 is 6.10 Å². The predicted octanol–water partition coefficient (Wildman–Crippen LogP) is 3.63. The van der Waals surface area contributed by atoms with Crippen LogP contribution in [-0.2, 0) is 0 Å². The highest BCUT2D eigenvalue weighted by Crippen LogP contribution is 2.25. The lowest BCUT2D eigenvalue weighted by Crippen LogP contribution is -2.17. The van der Waals surface area contributed by atoms with Crippen LogP contribution in [0.1, 0.15) is 51.6 Å². The number of nitriles is 1. The Morgan fingerprint density at radius 1 is 1.42 bits per heavy atom. The first-order valence-electron chi connectivity index (χ1n) is 7.52. The van der Waals surface area contributed by atoms with Crippen LogP contribution in [0.3, 0.4) is 0 Å². The summed E-state index contributed by atoms with van der Waals surface area (Å²) in [5.74, 6) is -0.362. The van der Waals surface area contributed by atoms with Crippen LogP contribution in [-0.4, -0.2) is 11.7 Å². The van der Waals surface area contributed by atoms with Crippen LogP contribution in [0.15, 0.2) is 24.3 Å². The Labute approximate surface area is 116 Å². The van der Waals surface area contributed by atoms with Gasteiger partial charge in [-0.15, -0.1) is 0 Å². The summed E-state index contributed by atoms with van der Waals surface area (Å²) in [6.07, 6.45) is 4.81. The third-order valence-electron chi connectivity index (χ3n) is 3.66. The number of anilines is 1. The molecule has 0 heterocycles. The van der Waals surface area contributed by atoms with Gasteiger partial charge in [-0.25, -0.2) is 0 Å². The van der Waals surface area contributed by atoms with Crippen LogP contribution in [0, 0.1) is 17.2 Å². The van der Waals surface area contributed by atoms with E-state index >= 15 is 0 Å². The Hall–Kier alpha value is -1.53. The van der Waals surface area contributed by atoms with Crippen molar-refractivity contribution >= 4 is 5.69 Å². The van der Waals surface area contributed by atoms with E-state index in [2.05, 4.69) is 5.32 Å². The second-order valence-corrected chi connectivity index (χ2v) is 5.17. The molecule has 1 aliphatic carbocycles. The van der Waals surface area contributed by atoms with E-state index in [1.165, 1.54) is 6.42 Å². The molecule has 1 aliphatic rings. The average Bonchev–Trinajstić information content (AvgIpc) is 2.47. The van der Waals surface area contributed by atoms with Gasteiger partial charge in [0.15, 0.2) is 0 Å². The van der Waals surface area contributed by atoms with Gasteiger partial charge in [-0.3, -0.25) is 0 Å². The SMILES string of the molecule is [2H]C1(CNc2cccc(C(O)CC#N)c2)CCCCC1. The van der Waals surface area contributed by atoms with Crippen molar-refractivity contribution in [1.29, 1.82) is 5.26 Å². The van der Waals surface area contributed by atoms with Crippen LogP contribution in [0.2, 0.25) is 0 Å². The molecule has 0 radical (unpaired) electrons. The van der Waals surface area contributed by atoms with Crippen LogP contribution < -0.4 is 5.32 Å². The molecule has 1 saturated carbocycles. The zero-order chi connectivity index (χ0) is 14.4. The van der Waals surface area contributed by atoms with Gasteiger partial charge in [-0.2, -0.15) is 5.26 Å². The Balaban J connectivity index is 1.96. The third-order valence-corrected chi connectivity index (χ3v) is 3.66. The number of rotatable bonds is 5. The first kappa shape index (κ1) is 12.5. The molecule has 1 aromatic carbocycles. The zero-order valence-electron chi connectivity index (χ0n) is 12.2. The summed E-state index contributed by atoms with van der Waals surface area (Å²) >= 11 is 0. The van der Waals surface area contributed by atoms with Gasteiger partial charge >= 0.3 is 0 Å². The highest BCUT2D eigenvalue weighted by Gasteiger charge is 2.13. The number of aliphatic hydroxyl groups excluding tert-OH is 1. The Morgan fingerprint density at radius 2 is 2.21 bits per heavy atom. The molecule has 1 atom stereocenters. The van der Waals surface area contributed by atoms with Gasteiger partial charge in [-0.05, 0) is 36.4 Å². The molecule has 0 amide bonds. The Morgan fingerprint density at radius 3 is 2.95 bits per heavy atom. The summed E-state index contributed by atoms with van der Waals surface area (Å²) in [6, 6.07) is 9.48. The molecule has 2 N–H and O–H groups in total.